The number of carbonyl (C=O) groups is 1. The highest BCUT2D eigenvalue weighted by Gasteiger charge is 2.33. The third-order valence-corrected chi connectivity index (χ3v) is 4.94. The van der Waals surface area contributed by atoms with Crippen LogP contribution in [0.25, 0.3) is 5.69 Å². The predicted molar refractivity (Wildman–Crippen MR) is 84.6 cm³/mol. The molecule has 0 saturated carbocycles. The SMILES string of the molecule is Cc1c(Br)cccc1-n1ccc2c1CC(C)(C)CC2=O. The van der Waals surface area contributed by atoms with Gasteiger partial charge in [0, 0.05) is 34.0 Å². The molecule has 1 aromatic heterocycles. The topological polar surface area (TPSA) is 22.0 Å². The van der Waals surface area contributed by atoms with Crippen LogP contribution in [-0.2, 0) is 6.42 Å². The molecule has 3 heteroatoms. The lowest BCUT2D eigenvalue weighted by Gasteiger charge is -2.30. The van der Waals surface area contributed by atoms with E-state index in [1.807, 2.05) is 24.4 Å². The lowest BCUT2D eigenvalue weighted by Crippen LogP contribution is -2.27. The van der Waals surface area contributed by atoms with Gasteiger partial charge in [-0.3, -0.25) is 4.79 Å². The molecule has 2 nitrogen and oxygen atoms in total. The minimum Gasteiger partial charge on any atom is -0.320 e. The molecule has 0 unspecified atom stereocenters. The molecule has 0 aliphatic heterocycles. The summed E-state index contributed by atoms with van der Waals surface area (Å²) in [6.07, 6.45) is 3.60. The first kappa shape index (κ1) is 13.6. The van der Waals surface area contributed by atoms with Crippen molar-refractivity contribution in [3.8, 4) is 5.69 Å². The third-order valence-electron chi connectivity index (χ3n) is 4.08. The molecule has 0 N–H and O–H groups in total. The first-order valence-corrected chi connectivity index (χ1v) is 7.67. The Morgan fingerprint density at radius 3 is 2.70 bits per heavy atom. The van der Waals surface area contributed by atoms with Gasteiger partial charge in [0.2, 0.25) is 0 Å². The molecule has 104 valence electrons. The number of benzene rings is 1. The molecule has 1 aliphatic rings. The van der Waals surface area contributed by atoms with E-state index in [-0.39, 0.29) is 11.2 Å². The summed E-state index contributed by atoms with van der Waals surface area (Å²) in [5.41, 5.74) is 4.42. The Balaban J connectivity index is 2.19. The smallest absolute Gasteiger partial charge is 0.165 e. The fourth-order valence-corrected chi connectivity index (χ4v) is 3.38. The Labute approximate surface area is 127 Å². The van der Waals surface area contributed by atoms with Crippen molar-refractivity contribution in [2.24, 2.45) is 5.41 Å². The summed E-state index contributed by atoms with van der Waals surface area (Å²) < 4.78 is 3.27. The minimum atomic E-state index is 0.0418. The van der Waals surface area contributed by atoms with E-state index in [0.717, 1.165) is 27.8 Å². The first-order valence-electron chi connectivity index (χ1n) is 6.88. The lowest BCUT2D eigenvalue weighted by atomic mass is 9.76. The van der Waals surface area contributed by atoms with Gasteiger partial charge in [0.1, 0.15) is 0 Å². The van der Waals surface area contributed by atoms with Crippen molar-refractivity contribution in [3.05, 3.63) is 51.8 Å². The number of hydrogen-bond donors (Lipinski definition) is 0. The second kappa shape index (κ2) is 4.59. The second-order valence-electron chi connectivity index (χ2n) is 6.37. The summed E-state index contributed by atoms with van der Waals surface area (Å²) >= 11 is 3.58. The van der Waals surface area contributed by atoms with Crippen molar-refractivity contribution < 1.29 is 4.79 Å². The zero-order valence-corrected chi connectivity index (χ0v) is 13.6. The summed E-state index contributed by atoms with van der Waals surface area (Å²) in [6, 6.07) is 8.15. The second-order valence-corrected chi connectivity index (χ2v) is 7.23. The molecule has 3 rings (SSSR count). The van der Waals surface area contributed by atoms with Crippen molar-refractivity contribution in [2.45, 2.75) is 33.6 Å². The van der Waals surface area contributed by atoms with Gasteiger partial charge in [-0.05, 0) is 42.5 Å². The Morgan fingerprint density at radius 1 is 1.20 bits per heavy atom. The van der Waals surface area contributed by atoms with Crippen LogP contribution in [0.5, 0.6) is 0 Å². The third kappa shape index (κ3) is 2.14. The number of aromatic nitrogens is 1. The average molecular weight is 332 g/mol. The highest BCUT2D eigenvalue weighted by molar-refractivity contribution is 9.10. The molecule has 1 heterocycles. The van der Waals surface area contributed by atoms with Gasteiger partial charge in [-0.15, -0.1) is 0 Å². The Bertz CT molecular complexity index is 697. The molecule has 1 aliphatic carbocycles. The quantitative estimate of drug-likeness (QED) is 0.742. The van der Waals surface area contributed by atoms with E-state index in [4.69, 9.17) is 0 Å². The number of ketones is 1. The maximum Gasteiger partial charge on any atom is 0.165 e. The number of fused-ring (bicyclic) bond motifs is 1. The number of hydrogen-bond acceptors (Lipinski definition) is 1. The van der Waals surface area contributed by atoms with Crippen LogP contribution in [0.2, 0.25) is 0 Å². The highest BCUT2D eigenvalue weighted by Crippen LogP contribution is 2.37. The monoisotopic (exact) mass is 331 g/mol. The minimum absolute atomic E-state index is 0.0418. The van der Waals surface area contributed by atoms with Crippen LogP contribution >= 0.6 is 15.9 Å². The average Bonchev–Trinajstić information content (AvgIpc) is 2.75. The van der Waals surface area contributed by atoms with Crippen LogP contribution in [-0.4, -0.2) is 10.4 Å². The lowest BCUT2D eigenvalue weighted by molar-refractivity contribution is 0.0911. The number of halogens is 1. The van der Waals surface area contributed by atoms with E-state index >= 15 is 0 Å². The molecule has 2 aromatic rings. The molecule has 0 fully saturated rings. The van der Waals surface area contributed by atoms with Gasteiger partial charge in [-0.25, -0.2) is 0 Å². The number of carbonyl (C=O) groups excluding carboxylic acids is 1. The van der Waals surface area contributed by atoms with Crippen molar-refractivity contribution in [1.82, 2.24) is 4.57 Å². The van der Waals surface area contributed by atoms with Gasteiger partial charge >= 0.3 is 0 Å². The van der Waals surface area contributed by atoms with E-state index in [0.29, 0.717) is 6.42 Å². The molecule has 1 aromatic carbocycles. The van der Waals surface area contributed by atoms with Gasteiger partial charge in [-0.1, -0.05) is 35.8 Å². The van der Waals surface area contributed by atoms with E-state index < -0.39 is 0 Å². The molecule has 0 radical (unpaired) electrons. The fraction of sp³-hybridized carbons (Fsp3) is 0.353. The van der Waals surface area contributed by atoms with Crippen LogP contribution in [0.1, 0.15) is 41.9 Å². The van der Waals surface area contributed by atoms with E-state index in [2.05, 4.69) is 47.3 Å². The first-order chi connectivity index (χ1) is 9.39. The normalized spacial score (nSPS) is 17.1. The number of rotatable bonds is 1. The number of Topliss-reactive ketones (excluding diaryl/α,β-unsaturated/α-hetero) is 1. The fourth-order valence-electron chi connectivity index (χ4n) is 3.03. The molecule has 0 spiro atoms. The largest absolute Gasteiger partial charge is 0.320 e. The van der Waals surface area contributed by atoms with Crippen LogP contribution in [0.15, 0.2) is 34.9 Å². The maximum absolute atomic E-state index is 12.3. The summed E-state index contributed by atoms with van der Waals surface area (Å²) in [5, 5.41) is 0. The Morgan fingerprint density at radius 2 is 1.95 bits per heavy atom. The Kier molecular flexibility index (Phi) is 3.13. The molecule has 0 bridgehead atoms. The summed E-state index contributed by atoms with van der Waals surface area (Å²) in [5.74, 6) is 0.266. The van der Waals surface area contributed by atoms with Crippen molar-refractivity contribution >= 4 is 21.7 Å². The summed E-state index contributed by atoms with van der Waals surface area (Å²) in [6.45, 7) is 6.43. The zero-order chi connectivity index (χ0) is 14.5. The van der Waals surface area contributed by atoms with Crippen LogP contribution in [0, 0.1) is 12.3 Å². The van der Waals surface area contributed by atoms with E-state index in [1.54, 1.807) is 0 Å². The van der Waals surface area contributed by atoms with Crippen LogP contribution in [0.3, 0.4) is 0 Å². The molecule has 0 atom stereocenters. The van der Waals surface area contributed by atoms with Crippen LogP contribution in [0.4, 0.5) is 0 Å². The van der Waals surface area contributed by atoms with Gasteiger partial charge in [0.05, 0.1) is 0 Å². The van der Waals surface area contributed by atoms with Gasteiger partial charge in [-0.2, -0.15) is 0 Å². The molecular weight excluding hydrogens is 314 g/mol. The van der Waals surface area contributed by atoms with Crippen LogP contribution < -0.4 is 0 Å². The predicted octanol–water partition coefficient (Wildman–Crippen LogP) is 4.70. The molecule has 20 heavy (non-hydrogen) atoms. The molecular formula is C17H18BrNO. The standard InChI is InChI=1S/C17H18BrNO/c1-11-13(18)5-4-6-14(11)19-8-7-12-15(19)9-17(2,3)10-16(12)20/h4-8H,9-10H2,1-3H3. The summed E-state index contributed by atoms with van der Waals surface area (Å²) in [4.78, 5) is 12.3. The number of nitrogens with zero attached hydrogens (tertiary/aromatic N) is 1. The molecule has 0 amide bonds. The Hall–Kier alpha value is -1.35. The highest BCUT2D eigenvalue weighted by atomic mass is 79.9. The summed E-state index contributed by atoms with van der Waals surface area (Å²) in [7, 11) is 0. The maximum atomic E-state index is 12.3. The van der Waals surface area contributed by atoms with Crippen molar-refractivity contribution in [1.29, 1.82) is 0 Å². The molecule has 0 saturated heterocycles. The van der Waals surface area contributed by atoms with E-state index in [9.17, 15) is 4.79 Å². The van der Waals surface area contributed by atoms with Crippen molar-refractivity contribution in [2.75, 3.05) is 0 Å². The zero-order valence-electron chi connectivity index (χ0n) is 12.0. The van der Waals surface area contributed by atoms with E-state index in [1.165, 1.54) is 5.56 Å². The van der Waals surface area contributed by atoms with Gasteiger partial charge in [0.25, 0.3) is 0 Å². The van der Waals surface area contributed by atoms with Gasteiger partial charge < -0.3 is 4.57 Å². The van der Waals surface area contributed by atoms with Crippen molar-refractivity contribution in [3.63, 3.8) is 0 Å². The van der Waals surface area contributed by atoms with Gasteiger partial charge in [0.15, 0.2) is 5.78 Å².